The molecule has 0 aromatic heterocycles. The van der Waals surface area contributed by atoms with E-state index in [0.29, 0.717) is 5.75 Å². The van der Waals surface area contributed by atoms with Crippen LogP contribution in [-0.2, 0) is 6.61 Å². The molecule has 0 amide bonds. The second kappa shape index (κ2) is 6.33. The number of hydrogen-bond donors (Lipinski definition) is 1. The molecular weight excluding hydrogens is 328 g/mol. The number of ether oxygens (including phenoxy) is 1. The van der Waals surface area contributed by atoms with Gasteiger partial charge in [-0.15, -0.1) is 0 Å². The Balaban J connectivity index is 2.23. The summed E-state index contributed by atoms with van der Waals surface area (Å²) in [5, 5.41) is 0. The number of benzene rings is 2. The van der Waals surface area contributed by atoms with Crippen LogP contribution in [0.1, 0.15) is 24.1 Å². The van der Waals surface area contributed by atoms with E-state index in [1.807, 2.05) is 13.0 Å². The zero-order valence-corrected chi connectivity index (χ0v) is 12.5. The Morgan fingerprint density at radius 1 is 1.20 bits per heavy atom. The van der Waals surface area contributed by atoms with Crippen LogP contribution in [0, 0.1) is 11.6 Å². The van der Waals surface area contributed by atoms with E-state index < -0.39 is 11.6 Å². The van der Waals surface area contributed by atoms with Crippen LogP contribution in [-0.4, -0.2) is 0 Å². The van der Waals surface area contributed by atoms with Gasteiger partial charge >= 0.3 is 0 Å². The topological polar surface area (TPSA) is 35.2 Å². The van der Waals surface area contributed by atoms with Gasteiger partial charge in [0.2, 0.25) is 0 Å². The molecular formula is C15H14BrF2NO. The Hall–Kier alpha value is -1.46. The zero-order valence-electron chi connectivity index (χ0n) is 10.9. The van der Waals surface area contributed by atoms with Gasteiger partial charge in [0.25, 0.3) is 0 Å². The maximum absolute atomic E-state index is 13.5. The van der Waals surface area contributed by atoms with Crippen LogP contribution in [0.15, 0.2) is 40.9 Å². The normalized spacial score (nSPS) is 12.2. The number of rotatable bonds is 4. The fraction of sp³-hybridized carbons (Fsp3) is 0.200. The predicted octanol–water partition coefficient (Wildman–Crippen LogP) is 4.33. The molecule has 0 aliphatic carbocycles. The molecule has 0 aliphatic heterocycles. The van der Waals surface area contributed by atoms with E-state index in [9.17, 15) is 8.78 Å². The average Bonchev–Trinajstić information content (AvgIpc) is 2.39. The molecule has 0 spiro atoms. The minimum absolute atomic E-state index is 0.0916. The maximum atomic E-state index is 13.5. The Labute approximate surface area is 124 Å². The molecule has 0 saturated heterocycles. The summed E-state index contributed by atoms with van der Waals surface area (Å²) in [6, 6.07) is 8.83. The van der Waals surface area contributed by atoms with Crippen LogP contribution in [0.3, 0.4) is 0 Å². The minimum atomic E-state index is -0.621. The largest absolute Gasteiger partial charge is 0.488 e. The van der Waals surface area contributed by atoms with Gasteiger partial charge in [-0.1, -0.05) is 22.0 Å². The molecule has 20 heavy (non-hydrogen) atoms. The Morgan fingerprint density at radius 2 is 1.85 bits per heavy atom. The third-order valence-electron chi connectivity index (χ3n) is 2.90. The van der Waals surface area contributed by atoms with Crippen molar-refractivity contribution < 1.29 is 13.5 Å². The van der Waals surface area contributed by atoms with Gasteiger partial charge in [0.15, 0.2) is 0 Å². The van der Waals surface area contributed by atoms with Gasteiger partial charge in [0.05, 0.1) is 5.56 Å². The van der Waals surface area contributed by atoms with Crippen molar-refractivity contribution in [1.82, 2.24) is 0 Å². The van der Waals surface area contributed by atoms with Gasteiger partial charge in [-0.25, -0.2) is 8.78 Å². The number of halogens is 3. The lowest BCUT2D eigenvalue weighted by molar-refractivity contribution is 0.288. The van der Waals surface area contributed by atoms with Gasteiger partial charge in [-0.2, -0.15) is 0 Å². The lowest BCUT2D eigenvalue weighted by Crippen LogP contribution is -2.09. The molecule has 2 nitrogen and oxygen atoms in total. The highest BCUT2D eigenvalue weighted by Crippen LogP contribution is 2.28. The van der Waals surface area contributed by atoms with Crippen LogP contribution in [0.5, 0.6) is 5.75 Å². The molecule has 0 saturated carbocycles. The van der Waals surface area contributed by atoms with E-state index in [0.717, 1.165) is 10.0 Å². The van der Waals surface area contributed by atoms with E-state index >= 15 is 0 Å². The maximum Gasteiger partial charge on any atom is 0.132 e. The standard InChI is InChI=1S/C15H14BrF2NO/c1-9(19)11-7-10(16)5-6-15(11)20-8-12-13(17)3-2-4-14(12)18/h2-7,9H,8,19H2,1H3. The first-order chi connectivity index (χ1) is 9.49. The third-order valence-corrected chi connectivity index (χ3v) is 3.39. The Kier molecular flexibility index (Phi) is 4.73. The summed E-state index contributed by atoms with van der Waals surface area (Å²) in [4.78, 5) is 0. The first-order valence-corrected chi connectivity index (χ1v) is 6.89. The lowest BCUT2D eigenvalue weighted by atomic mass is 10.1. The molecule has 1 unspecified atom stereocenters. The number of hydrogen-bond acceptors (Lipinski definition) is 2. The van der Waals surface area contributed by atoms with Crippen molar-refractivity contribution in [2.75, 3.05) is 0 Å². The van der Waals surface area contributed by atoms with Crippen molar-refractivity contribution in [3.05, 3.63) is 63.6 Å². The highest BCUT2D eigenvalue weighted by atomic mass is 79.9. The predicted molar refractivity (Wildman–Crippen MR) is 77.4 cm³/mol. The molecule has 1 atom stereocenters. The molecule has 106 valence electrons. The summed E-state index contributed by atoms with van der Waals surface area (Å²) in [7, 11) is 0. The summed E-state index contributed by atoms with van der Waals surface area (Å²) in [5.74, 6) is -0.722. The molecule has 0 fully saturated rings. The average molecular weight is 342 g/mol. The van der Waals surface area contributed by atoms with Crippen LogP contribution < -0.4 is 10.5 Å². The van der Waals surface area contributed by atoms with Gasteiger partial charge in [0, 0.05) is 16.1 Å². The summed E-state index contributed by atoms with van der Waals surface area (Å²) in [5.41, 5.74) is 6.55. The first-order valence-electron chi connectivity index (χ1n) is 6.09. The summed E-state index contributed by atoms with van der Waals surface area (Å²) < 4.78 is 33.4. The highest BCUT2D eigenvalue weighted by molar-refractivity contribution is 9.10. The lowest BCUT2D eigenvalue weighted by Gasteiger charge is -2.15. The van der Waals surface area contributed by atoms with Crippen molar-refractivity contribution in [1.29, 1.82) is 0 Å². The van der Waals surface area contributed by atoms with Crippen molar-refractivity contribution in [3.63, 3.8) is 0 Å². The molecule has 0 heterocycles. The monoisotopic (exact) mass is 341 g/mol. The van der Waals surface area contributed by atoms with Crippen molar-refractivity contribution in [3.8, 4) is 5.75 Å². The number of nitrogens with two attached hydrogens (primary N) is 1. The molecule has 2 rings (SSSR count). The van der Waals surface area contributed by atoms with Crippen LogP contribution in [0.2, 0.25) is 0 Å². The Bertz CT molecular complexity index is 597. The zero-order chi connectivity index (χ0) is 14.7. The van der Waals surface area contributed by atoms with Crippen LogP contribution in [0.25, 0.3) is 0 Å². The van der Waals surface area contributed by atoms with Crippen molar-refractivity contribution in [2.24, 2.45) is 5.73 Å². The second-order valence-electron chi connectivity index (χ2n) is 4.46. The first kappa shape index (κ1) is 14.9. The van der Waals surface area contributed by atoms with Gasteiger partial charge in [-0.3, -0.25) is 0 Å². The fourth-order valence-corrected chi connectivity index (χ4v) is 2.21. The van der Waals surface area contributed by atoms with E-state index in [1.54, 1.807) is 12.1 Å². The highest BCUT2D eigenvalue weighted by Gasteiger charge is 2.12. The summed E-state index contributed by atoms with van der Waals surface area (Å²) >= 11 is 3.35. The van der Waals surface area contributed by atoms with E-state index in [4.69, 9.17) is 10.5 Å². The van der Waals surface area contributed by atoms with E-state index in [-0.39, 0.29) is 18.2 Å². The molecule has 2 aromatic carbocycles. The molecule has 0 radical (unpaired) electrons. The Morgan fingerprint density at radius 3 is 2.45 bits per heavy atom. The van der Waals surface area contributed by atoms with E-state index in [1.165, 1.54) is 18.2 Å². The van der Waals surface area contributed by atoms with Crippen molar-refractivity contribution in [2.45, 2.75) is 19.6 Å². The molecule has 0 aliphatic rings. The van der Waals surface area contributed by atoms with Crippen LogP contribution >= 0.6 is 15.9 Å². The van der Waals surface area contributed by atoms with Gasteiger partial charge in [-0.05, 0) is 37.3 Å². The smallest absolute Gasteiger partial charge is 0.132 e. The van der Waals surface area contributed by atoms with Gasteiger partial charge in [0.1, 0.15) is 24.0 Å². The molecule has 0 bridgehead atoms. The second-order valence-corrected chi connectivity index (χ2v) is 5.38. The SMILES string of the molecule is CC(N)c1cc(Br)ccc1OCc1c(F)cccc1F. The quantitative estimate of drug-likeness (QED) is 0.898. The van der Waals surface area contributed by atoms with Crippen LogP contribution in [0.4, 0.5) is 8.78 Å². The molecule has 5 heteroatoms. The summed E-state index contributed by atoms with van der Waals surface area (Å²) in [6.45, 7) is 1.64. The molecule has 2 N–H and O–H groups in total. The van der Waals surface area contributed by atoms with Crippen molar-refractivity contribution >= 4 is 15.9 Å². The van der Waals surface area contributed by atoms with Gasteiger partial charge < -0.3 is 10.5 Å². The fourth-order valence-electron chi connectivity index (χ4n) is 1.83. The van der Waals surface area contributed by atoms with E-state index in [2.05, 4.69) is 15.9 Å². The molecule has 2 aromatic rings. The third kappa shape index (κ3) is 3.35. The minimum Gasteiger partial charge on any atom is -0.488 e. The summed E-state index contributed by atoms with van der Waals surface area (Å²) in [6.07, 6.45) is 0.